The normalized spacial score (nSPS) is 10.8. The molecule has 0 spiro atoms. The van der Waals surface area contributed by atoms with Crippen LogP contribution in [0, 0.1) is 0 Å². The van der Waals surface area contributed by atoms with Crippen LogP contribution in [0.3, 0.4) is 0 Å². The first-order valence-corrected chi connectivity index (χ1v) is 9.45. The van der Waals surface area contributed by atoms with Gasteiger partial charge in [-0.2, -0.15) is 0 Å². The molecule has 0 fully saturated rings. The number of methoxy groups -OCH3 is 2. The van der Waals surface area contributed by atoms with E-state index in [-0.39, 0.29) is 5.78 Å². The number of rotatable bonds is 5. The quantitative estimate of drug-likeness (QED) is 0.496. The zero-order chi connectivity index (χ0) is 19.7. The Hall–Kier alpha value is -3.38. The van der Waals surface area contributed by atoms with E-state index < -0.39 is 0 Å². The van der Waals surface area contributed by atoms with Gasteiger partial charge in [-0.15, -0.1) is 11.3 Å². The number of hydrogen-bond donors (Lipinski definition) is 1. The van der Waals surface area contributed by atoms with E-state index in [0.29, 0.717) is 21.9 Å². The van der Waals surface area contributed by atoms with E-state index in [1.54, 1.807) is 38.5 Å². The number of nitrogen functional groups attached to an aromatic ring is 1. The summed E-state index contributed by atoms with van der Waals surface area (Å²) in [5, 5.41) is 0.778. The molecule has 0 aliphatic heterocycles. The number of carbonyl (C=O) groups is 1. The van der Waals surface area contributed by atoms with Gasteiger partial charge >= 0.3 is 0 Å². The van der Waals surface area contributed by atoms with Crippen molar-refractivity contribution in [2.45, 2.75) is 0 Å². The summed E-state index contributed by atoms with van der Waals surface area (Å²) in [6.45, 7) is 0. The van der Waals surface area contributed by atoms with E-state index in [2.05, 4.69) is 0 Å². The molecule has 0 amide bonds. The number of hydrogen-bond acceptors (Lipinski definition) is 6. The second-order valence-electron chi connectivity index (χ2n) is 6.15. The molecule has 6 heteroatoms. The van der Waals surface area contributed by atoms with Gasteiger partial charge in [-0.1, -0.05) is 12.1 Å². The van der Waals surface area contributed by atoms with Crippen LogP contribution in [-0.4, -0.2) is 25.0 Å². The Labute approximate surface area is 166 Å². The van der Waals surface area contributed by atoms with Gasteiger partial charge in [0.15, 0.2) is 0 Å². The number of fused-ring (bicyclic) bond motifs is 1. The monoisotopic (exact) mass is 390 g/mol. The van der Waals surface area contributed by atoms with Gasteiger partial charge in [0.2, 0.25) is 5.78 Å². The summed E-state index contributed by atoms with van der Waals surface area (Å²) in [5.74, 6) is 1.32. The molecule has 4 rings (SSSR count). The lowest BCUT2D eigenvalue weighted by Gasteiger charge is -2.07. The number of para-hydroxylation sites is 1. The van der Waals surface area contributed by atoms with Crippen molar-refractivity contribution in [1.29, 1.82) is 0 Å². The minimum atomic E-state index is -0.123. The van der Waals surface area contributed by atoms with Crippen molar-refractivity contribution < 1.29 is 14.3 Å². The summed E-state index contributed by atoms with van der Waals surface area (Å²) >= 11 is 1.30. The van der Waals surface area contributed by atoms with Gasteiger partial charge in [-0.05, 0) is 48.5 Å². The maximum Gasteiger partial charge on any atom is 0.205 e. The van der Waals surface area contributed by atoms with Crippen molar-refractivity contribution in [1.82, 2.24) is 4.98 Å². The SMILES string of the molecule is COc1ccc(C(=O)c2sc3nc(-c4ccccc4OC)ccc3c2N)cc1. The van der Waals surface area contributed by atoms with Gasteiger partial charge in [-0.25, -0.2) is 4.98 Å². The van der Waals surface area contributed by atoms with Gasteiger partial charge < -0.3 is 15.2 Å². The summed E-state index contributed by atoms with van der Waals surface area (Å²) in [7, 11) is 3.22. The molecule has 140 valence electrons. The Morgan fingerprint density at radius 3 is 2.43 bits per heavy atom. The van der Waals surface area contributed by atoms with Gasteiger partial charge in [-0.3, -0.25) is 4.79 Å². The number of ketones is 1. The number of carbonyl (C=O) groups excluding carboxylic acids is 1. The molecule has 0 saturated carbocycles. The zero-order valence-electron chi connectivity index (χ0n) is 15.4. The fourth-order valence-electron chi connectivity index (χ4n) is 3.05. The van der Waals surface area contributed by atoms with E-state index >= 15 is 0 Å². The summed E-state index contributed by atoms with van der Waals surface area (Å²) in [5.41, 5.74) is 8.96. The van der Waals surface area contributed by atoms with Crippen LogP contribution in [0.5, 0.6) is 11.5 Å². The third-order valence-corrected chi connectivity index (χ3v) is 5.65. The average Bonchev–Trinajstić information content (AvgIpc) is 3.09. The van der Waals surface area contributed by atoms with Gasteiger partial charge in [0.05, 0.1) is 25.6 Å². The molecular weight excluding hydrogens is 372 g/mol. The predicted octanol–water partition coefficient (Wildman–Crippen LogP) is 4.79. The van der Waals surface area contributed by atoms with Crippen molar-refractivity contribution in [2.24, 2.45) is 0 Å². The van der Waals surface area contributed by atoms with Gasteiger partial charge in [0, 0.05) is 16.5 Å². The molecule has 0 aliphatic carbocycles. The fourth-order valence-corrected chi connectivity index (χ4v) is 4.10. The van der Waals surface area contributed by atoms with E-state index in [1.165, 1.54) is 11.3 Å². The molecule has 2 aromatic carbocycles. The van der Waals surface area contributed by atoms with Crippen molar-refractivity contribution in [3.8, 4) is 22.8 Å². The molecule has 5 nitrogen and oxygen atoms in total. The molecule has 0 saturated heterocycles. The number of nitrogens with two attached hydrogens (primary N) is 1. The Morgan fingerprint density at radius 1 is 0.964 bits per heavy atom. The van der Waals surface area contributed by atoms with E-state index in [0.717, 1.165) is 27.2 Å². The number of benzene rings is 2. The van der Waals surface area contributed by atoms with Crippen molar-refractivity contribution >= 4 is 33.0 Å². The van der Waals surface area contributed by atoms with Gasteiger partial charge in [0.25, 0.3) is 0 Å². The number of nitrogens with zero attached hydrogens (tertiary/aromatic N) is 1. The molecule has 0 unspecified atom stereocenters. The number of anilines is 1. The molecule has 28 heavy (non-hydrogen) atoms. The average molecular weight is 390 g/mol. The van der Waals surface area contributed by atoms with Crippen molar-refractivity contribution in [3.05, 3.63) is 71.1 Å². The largest absolute Gasteiger partial charge is 0.497 e. The standard InChI is InChI=1S/C22H18N2O3S/c1-26-14-9-7-13(8-10-14)20(25)21-19(23)16-11-12-17(24-22(16)28-21)15-5-3-4-6-18(15)27-2/h3-12H,23H2,1-2H3. The highest BCUT2D eigenvalue weighted by Gasteiger charge is 2.19. The molecule has 2 heterocycles. The Morgan fingerprint density at radius 2 is 1.71 bits per heavy atom. The van der Waals surface area contributed by atoms with E-state index in [4.69, 9.17) is 20.2 Å². The third-order valence-electron chi connectivity index (χ3n) is 4.54. The van der Waals surface area contributed by atoms with Crippen LogP contribution >= 0.6 is 11.3 Å². The minimum Gasteiger partial charge on any atom is -0.497 e. The minimum absolute atomic E-state index is 0.123. The van der Waals surface area contributed by atoms with Crippen LogP contribution < -0.4 is 15.2 Å². The summed E-state index contributed by atoms with van der Waals surface area (Å²) in [4.78, 5) is 18.9. The third kappa shape index (κ3) is 3.08. The maximum absolute atomic E-state index is 12.9. The van der Waals surface area contributed by atoms with Crippen molar-refractivity contribution in [2.75, 3.05) is 20.0 Å². The molecule has 0 radical (unpaired) electrons. The lowest BCUT2D eigenvalue weighted by molar-refractivity contribution is 0.104. The highest BCUT2D eigenvalue weighted by molar-refractivity contribution is 7.21. The number of pyridine rings is 1. The summed E-state index contributed by atoms with van der Waals surface area (Å²) < 4.78 is 10.6. The number of aromatic nitrogens is 1. The smallest absolute Gasteiger partial charge is 0.205 e. The Bertz CT molecular complexity index is 1170. The highest BCUT2D eigenvalue weighted by Crippen LogP contribution is 2.37. The van der Waals surface area contributed by atoms with E-state index in [1.807, 2.05) is 36.4 Å². The lowest BCUT2D eigenvalue weighted by atomic mass is 10.1. The van der Waals surface area contributed by atoms with Crippen LogP contribution in [0.4, 0.5) is 5.69 Å². The van der Waals surface area contributed by atoms with Crippen LogP contribution in [0.25, 0.3) is 21.5 Å². The van der Waals surface area contributed by atoms with E-state index in [9.17, 15) is 4.79 Å². The zero-order valence-corrected chi connectivity index (χ0v) is 16.2. The molecule has 4 aromatic rings. The topological polar surface area (TPSA) is 74.4 Å². The predicted molar refractivity (Wildman–Crippen MR) is 112 cm³/mol. The first kappa shape index (κ1) is 18.0. The first-order chi connectivity index (χ1) is 13.6. The first-order valence-electron chi connectivity index (χ1n) is 8.63. The molecule has 0 aliphatic rings. The maximum atomic E-state index is 12.9. The van der Waals surface area contributed by atoms with Crippen molar-refractivity contribution in [3.63, 3.8) is 0 Å². The molecular formula is C22H18N2O3S. The molecule has 0 atom stereocenters. The van der Waals surface area contributed by atoms with Crippen LogP contribution in [0.1, 0.15) is 15.2 Å². The lowest BCUT2D eigenvalue weighted by Crippen LogP contribution is -2.01. The fraction of sp³-hybridized carbons (Fsp3) is 0.0909. The van der Waals surface area contributed by atoms with Crippen LogP contribution in [0.2, 0.25) is 0 Å². The molecule has 2 N–H and O–H groups in total. The number of thiophene rings is 1. The molecule has 0 bridgehead atoms. The van der Waals surface area contributed by atoms with Crippen LogP contribution in [0.15, 0.2) is 60.7 Å². The second kappa shape index (κ2) is 7.32. The summed E-state index contributed by atoms with van der Waals surface area (Å²) in [6.07, 6.45) is 0. The highest BCUT2D eigenvalue weighted by atomic mass is 32.1. The number of ether oxygens (including phenoxy) is 2. The van der Waals surface area contributed by atoms with Crippen LogP contribution in [-0.2, 0) is 0 Å². The summed E-state index contributed by atoms with van der Waals surface area (Å²) in [6, 6.07) is 18.5. The second-order valence-corrected chi connectivity index (χ2v) is 7.15. The Kier molecular flexibility index (Phi) is 4.71. The Balaban J connectivity index is 1.77. The van der Waals surface area contributed by atoms with Gasteiger partial charge in [0.1, 0.15) is 21.2 Å². The molecule has 2 aromatic heterocycles.